The van der Waals surface area contributed by atoms with E-state index < -0.39 is 0 Å². The van der Waals surface area contributed by atoms with E-state index in [1.54, 1.807) is 30.1 Å². The number of hydrogen-bond donors (Lipinski definition) is 1. The molecule has 5 nitrogen and oxygen atoms in total. The van der Waals surface area contributed by atoms with Crippen molar-refractivity contribution in [3.8, 4) is 5.75 Å². The Morgan fingerprint density at radius 1 is 1.21 bits per heavy atom. The summed E-state index contributed by atoms with van der Waals surface area (Å²) in [4.78, 5) is 12.4. The minimum atomic E-state index is -0.245. The largest absolute Gasteiger partial charge is 0.495 e. The smallest absolute Gasteiger partial charge is 0.258 e. The standard InChI is InChI=1S/C18H16ClN3O2/c1-24-17-9-5-4-8-16(17)21-18(23)14-10-20-22(12-14)11-13-6-2-3-7-15(13)19/h2-10,12H,11H2,1H3,(H,21,23). The zero-order valence-electron chi connectivity index (χ0n) is 13.1. The second kappa shape index (κ2) is 7.19. The highest BCUT2D eigenvalue weighted by atomic mass is 35.5. The molecule has 0 unspecified atom stereocenters. The number of rotatable bonds is 5. The Morgan fingerprint density at radius 3 is 2.75 bits per heavy atom. The number of hydrogen-bond acceptors (Lipinski definition) is 3. The summed E-state index contributed by atoms with van der Waals surface area (Å²) in [6.45, 7) is 0.502. The number of halogens is 1. The number of carbonyl (C=O) groups excluding carboxylic acids is 1. The molecule has 3 rings (SSSR count). The van der Waals surface area contributed by atoms with Crippen molar-refractivity contribution in [3.63, 3.8) is 0 Å². The van der Waals surface area contributed by atoms with E-state index in [4.69, 9.17) is 16.3 Å². The van der Waals surface area contributed by atoms with Gasteiger partial charge in [-0.05, 0) is 23.8 Å². The number of amides is 1. The van der Waals surface area contributed by atoms with Crippen LogP contribution in [0.25, 0.3) is 0 Å². The molecule has 6 heteroatoms. The van der Waals surface area contributed by atoms with Crippen molar-refractivity contribution in [1.29, 1.82) is 0 Å². The molecule has 122 valence electrons. The van der Waals surface area contributed by atoms with Gasteiger partial charge in [0.15, 0.2) is 0 Å². The number of anilines is 1. The molecular formula is C18H16ClN3O2. The van der Waals surface area contributed by atoms with Gasteiger partial charge in [0.25, 0.3) is 5.91 Å². The van der Waals surface area contributed by atoms with Crippen molar-refractivity contribution in [2.24, 2.45) is 0 Å². The molecule has 0 aliphatic heterocycles. The van der Waals surface area contributed by atoms with Crippen molar-refractivity contribution < 1.29 is 9.53 Å². The van der Waals surface area contributed by atoms with Gasteiger partial charge in [-0.2, -0.15) is 5.10 Å². The Hall–Kier alpha value is -2.79. The number of methoxy groups -OCH3 is 1. The molecule has 3 aromatic rings. The molecule has 0 radical (unpaired) electrons. The predicted octanol–water partition coefficient (Wildman–Crippen LogP) is 3.85. The van der Waals surface area contributed by atoms with Gasteiger partial charge in [-0.25, -0.2) is 0 Å². The number of aromatic nitrogens is 2. The van der Waals surface area contributed by atoms with Crippen LogP contribution in [0.4, 0.5) is 5.69 Å². The lowest BCUT2D eigenvalue weighted by atomic mass is 10.2. The highest BCUT2D eigenvalue weighted by Gasteiger charge is 2.12. The fourth-order valence-electron chi connectivity index (χ4n) is 2.31. The lowest BCUT2D eigenvalue weighted by molar-refractivity contribution is 0.102. The molecule has 0 atom stereocenters. The van der Waals surface area contributed by atoms with Crippen molar-refractivity contribution in [1.82, 2.24) is 9.78 Å². The molecule has 0 spiro atoms. The second-order valence-corrected chi connectivity index (χ2v) is 5.58. The fourth-order valence-corrected chi connectivity index (χ4v) is 2.51. The van der Waals surface area contributed by atoms with E-state index >= 15 is 0 Å². The van der Waals surface area contributed by atoms with Gasteiger partial charge in [-0.15, -0.1) is 0 Å². The number of para-hydroxylation sites is 2. The van der Waals surface area contributed by atoms with Crippen molar-refractivity contribution in [3.05, 3.63) is 77.1 Å². The average Bonchev–Trinajstić information content (AvgIpc) is 3.06. The monoisotopic (exact) mass is 341 g/mol. The normalized spacial score (nSPS) is 10.4. The van der Waals surface area contributed by atoms with Crippen LogP contribution in [0.3, 0.4) is 0 Å². The topological polar surface area (TPSA) is 56.1 Å². The van der Waals surface area contributed by atoms with Crippen LogP contribution in [0.5, 0.6) is 5.75 Å². The van der Waals surface area contributed by atoms with E-state index in [0.717, 1.165) is 5.56 Å². The predicted molar refractivity (Wildman–Crippen MR) is 93.7 cm³/mol. The van der Waals surface area contributed by atoms with Gasteiger partial charge in [0, 0.05) is 11.2 Å². The van der Waals surface area contributed by atoms with Crippen LogP contribution < -0.4 is 10.1 Å². The summed E-state index contributed by atoms with van der Waals surface area (Å²) in [5.41, 5.74) is 2.02. The molecule has 0 saturated heterocycles. The Labute approximate surface area is 144 Å². The van der Waals surface area contributed by atoms with Crippen LogP contribution in [0.1, 0.15) is 15.9 Å². The number of nitrogens with zero attached hydrogens (tertiary/aromatic N) is 2. The highest BCUT2D eigenvalue weighted by molar-refractivity contribution is 6.31. The van der Waals surface area contributed by atoms with Gasteiger partial charge < -0.3 is 10.1 Å². The maximum absolute atomic E-state index is 12.4. The van der Waals surface area contributed by atoms with Gasteiger partial charge in [0.05, 0.1) is 31.1 Å². The Morgan fingerprint density at radius 2 is 1.96 bits per heavy atom. The van der Waals surface area contributed by atoms with E-state index in [1.807, 2.05) is 36.4 Å². The molecule has 2 aromatic carbocycles. The summed E-state index contributed by atoms with van der Waals surface area (Å²) in [5, 5.41) is 7.72. The molecule has 0 aliphatic carbocycles. The van der Waals surface area contributed by atoms with Gasteiger partial charge in [0.1, 0.15) is 5.75 Å². The summed E-state index contributed by atoms with van der Waals surface area (Å²) < 4.78 is 6.91. The molecule has 0 bridgehead atoms. The van der Waals surface area contributed by atoms with Crippen LogP contribution >= 0.6 is 11.6 Å². The molecule has 0 saturated carbocycles. The SMILES string of the molecule is COc1ccccc1NC(=O)c1cnn(Cc2ccccc2Cl)c1. The van der Waals surface area contributed by atoms with Gasteiger partial charge >= 0.3 is 0 Å². The van der Waals surface area contributed by atoms with Crippen LogP contribution in [-0.4, -0.2) is 22.8 Å². The summed E-state index contributed by atoms with van der Waals surface area (Å²) in [6, 6.07) is 14.8. The van der Waals surface area contributed by atoms with Crippen molar-refractivity contribution >= 4 is 23.2 Å². The zero-order chi connectivity index (χ0) is 16.9. The molecule has 0 fully saturated rings. The van der Waals surface area contributed by atoms with Gasteiger partial charge in [0.2, 0.25) is 0 Å². The van der Waals surface area contributed by atoms with Crippen LogP contribution in [0.2, 0.25) is 5.02 Å². The Bertz CT molecular complexity index is 861. The third-order valence-electron chi connectivity index (χ3n) is 3.54. The first kappa shape index (κ1) is 16.1. The lowest BCUT2D eigenvalue weighted by Crippen LogP contribution is -2.12. The zero-order valence-corrected chi connectivity index (χ0v) is 13.8. The minimum Gasteiger partial charge on any atom is -0.495 e. The first-order valence-electron chi connectivity index (χ1n) is 7.37. The third kappa shape index (κ3) is 3.58. The van der Waals surface area contributed by atoms with E-state index in [-0.39, 0.29) is 5.91 Å². The van der Waals surface area contributed by atoms with E-state index in [2.05, 4.69) is 10.4 Å². The van der Waals surface area contributed by atoms with Crippen LogP contribution in [-0.2, 0) is 6.54 Å². The van der Waals surface area contributed by atoms with Crippen LogP contribution in [0, 0.1) is 0 Å². The minimum absolute atomic E-state index is 0.245. The van der Waals surface area contributed by atoms with E-state index in [9.17, 15) is 4.79 Å². The molecule has 1 aromatic heterocycles. The first-order valence-corrected chi connectivity index (χ1v) is 7.75. The van der Waals surface area contributed by atoms with Crippen molar-refractivity contribution in [2.45, 2.75) is 6.54 Å². The average molecular weight is 342 g/mol. The maximum Gasteiger partial charge on any atom is 0.258 e. The van der Waals surface area contributed by atoms with Gasteiger partial charge in [-0.1, -0.05) is 41.9 Å². The van der Waals surface area contributed by atoms with E-state index in [0.29, 0.717) is 28.6 Å². The summed E-state index contributed by atoms with van der Waals surface area (Å²) >= 11 is 6.15. The number of ether oxygens (including phenoxy) is 1. The summed E-state index contributed by atoms with van der Waals surface area (Å²) in [6.07, 6.45) is 3.22. The van der Waals surface area contributed by atoms with Crippen LogP contribution in [0.15, 0.2) is 60.9 Å². The molecule has 0 aliphatic rings. The molecule has 24 heavy (non-hydrogen) atoms. The number of nitrogens with one attached hydrogen (secondary N) is 1. The highest BCUT2D eigenvalue weighted by Crippen LogP contribution is 2.23. The first-order chi connectivity index (χ1) is 11.7. The van der Waals surface area contributed by atoms with Crippen molar-refractivity contribution in [2.75, 3.05) is 12.4 Å². The molecule has 1 N–H and O–H groups in total. The summed E-state index contributed by atoms with van der Waals surface area (Å²) in [7, 11) is 1.56. The molecule has 1 amide bonds. The maximum atomic E-state index is 12.4. The second-order valence-electron chi connectivity index (χ2n) is 5.17. The lowest BCUT2D eigenvalue weighted by Gasteiger charge is -2.08. The third-order valence-corrected chi connectivity index (χ3v) is 3.91. The van der Waals surface area contributed by atoms with E-state index in [1.165, 1.54) is 6.20 Å². The number of benzene rings is 2. The fraction of sp³-hybridized carbons (Fsp3) is 0.111. The Balaban J connectivity index is 1.73. The Kier molecular flexibility index (Phi) is 4.82. The quantitative estimate of drug-likeness (QED) is 0.767. The summed E-state index contributed by atoms with van der Waals surface area (Å²) in [5.74, 6) is 0.360. The van der Waals surface area contributed by atoms with Gasteiger partial charge in [-0.3, -0.25) is 9.48 Å². The molecular weight excluding hydrogens is 326 g/mol. The molecule has 1 heterocycles. The number of carbonyl (C=O) groups is 1.